The van der Waals surface area contributed by atoms with Crippen LogP contribution in [0.15, 0.2) is 47.6 Å². The van der Waals surface area contributed by atoms with Crippen LogP contribution in [0.2, 0.25) is 5.02 Å². The summed E-state index contributed by atoms with van der Waals surface area (Å²) in [5, 5.41) is 12.3. The van der Waals surface area contributed by atoms with Crippen LogP contribution in [0.4, 0.5) is 5.69 Å². The van der Waals surface area contributed by atoms with Crippen molar-refractivity contribution < 1.29 is 14.3 Å². The van der Waals surface area contributed by atoms with Gasteiger partial charge in [-0.15, -0.1) is 10.2 Å². The maximum Gasteiger partial charge on any atom is 0.234 e. The number of thioether (sulfide) groups is 1. The highest BCUT2D eigenvalue weighted by Gasteiger charge is 2.17. The Hall–Kier alpha value is -2.84. The number of methoxy groups -OCH3 is 1. The van der Waals surface area contributed by atoms with E-state index in [1.54, 1.807) is 54.1 Å². The fourth-order valence-electron chi connectivity index (χ4n) is 2.67. The van der Waals surface area contributed by atoms with E-state index in [9.17, 15) is 9.59 Å². The number of benzene rings is 2. The molecule has 0 radical (unpaired) electrons. The van der Waals surface area contributed by atoms with E-state index in [-0.39, 0.29) is 17.4 Å². The number of halogens is 1. The van der Waals surface area contributed by atoms with Crippen LogP contribution < -0.4 is 10.1 Å². The first-order chi connectivity index (χ1) is 13.9. The van der Waals surface area contributed by atoms with Crippen LogP contribution in [0.3, 0.4) is 0 Å². The molecule has 1 aromatic heterocycles. The van der Waals surface area contributed by atoms with Gasteiger partial charge in [0.2, 0.25) is 5.91 Å². The maximum absolute atomic E-state index is 12.3. The van der Waals surface area contributed by atoms with Gasteiger partial charge in [-0.2, -0.15) is 0 Å². The summed E-state index contributed by atoms with van der Waals surface area (Å²) < 4.78 is 7.16. The van der Waals surface area contributed by atoms with Gasteiger partial charge in [-0.1, -0.05) is 35.5 Å². The van der Waals surface area contributed by atoms with Crippen LogP contribution in [0.1, 0.15) is 17.3 Å². The molecule has 1 heterocycles. The zero-order valence-electron chi connectivity index (χ0n) is 16.1. The minimum atomic E-state index is -0.208. The third kappa shape index (κ3) is 4.96. The van der Waals surface area contributed by atoms with Crippen molar-refractivity contribution in [1.29, 1.82) is 0 Å². The summed E-state index contributed by atoms with van der Waals surface area (Å²) in [7, 11) is 3.39. The molecular weight excluding hydrogens is 412 g/mol. The van der Waals surface area contributed by atoms with E-state index < -0.39 is 0 Å². The van der Waals surface area contributed by atoms with Crippen LogP contribution in [0, 0.1) is 0 Å². The number of anilines is 1. The summed E-state index contributed by atoms with van der Waals surface area (Å²) in [4.78, 5) is 23.8. The molecule has 1 amide bonds. The molecule has 0 aliphatic heterocycles. The first-order valence-corrected chi connectivity index (χ1v) is 10.0. The Morgan fingerprint density at radius 1 is 1.21 bits per heavy atom. The van der Waals surface area contributed by atoms with E-state index >= 15 is 0 Å². The predicted octanol–water partition coefficient (Wildman–Crippen LogP) is 4.08. The molecular formula is C20H19ClN4O3S. The first-order valence-electron chi connectivity index (χ1n) is 8.66. The average Bonchev–Trinajstić information content (AvgIpc) is 3.06. The fourth-order valence-corrected chi connectivity index (χ4v) is 3.56. The van der Waals surface area contributed by atoms with Crippen molar-refractivity contribution in [1.82, 2.24) is 14.8 Å². The highest BCUT2D eigenvalue weighted by Crippen LogP contribution is 2.32. The Kier molecular flexibility index (Phi) is 6.56. The highest BCUT2D eigenvalue weighted by molar-refractivity contribution is 7.99. The number of nitrogens with one attached hydrogen (secondary N) is 1. The van der Waals surface area contributed by atoms with Crippen molar-refractivity contribution in [3.8, 4) is 17.1 Å². The monoisotopic (exact) mass is 430 g/mol. The smallest absolute Gasteiger partial charge is 0.234 e. The van der Waals surface area contributed by atoms with Crippen LogP contribution >= 0.6 is 23.4 Å². The number of carbonyl (C=O) groups is 2. The summed E-state index contributed by atoms with van der Waals surface area (Å²) in [6.45, 7) is 1.48. The van der Waals surface area contributed by atoms with Gasteiger partial charge in [0.25, 0.3) is 0 Å². The lowest BCUT2D eigenvalue weighted by Crippen LogP contribution is -2.14. The number of amides is 1. The molecule has 7 nitrogen and oxygen atoms in total. The zero-order chi connectivity index (χ0) is 21.0. The molecule has 0 aliphatic carbocycles. The van der Waals surface area contributed by atoms with Crippen LogP contribution in [-0.2, 0) is 11.8 Å². The molecule has 3 aromatic rings. The molecule has 9 heteroatoms. The van der Waals surface area contributed by atoms with Gasteiger partial charge in [0.1, 0.15) is 5.75 Å². The van der Waals surface area contributed by atoms with E-state index in [2.05, 4.69) is 15.5 Å². The second-order valence-corrected chi connectivity index (χ2v) is 7.56. The van der Waals surface area contributed by atoms with E-state index in [1.165, 1.54) is 18.7 Å². The van der Waals surface area contributed by atoms with Crippen LogP contribution in [0.5, 0.6) is 5.75 Å². The largest absolute Gasteiger partial charge is 0.496 e. The second kappa shape index (κ2) is 9.11. The molecule has 2 aromatic carbocycles. The average molecular weight is 431 g/mol. The van der Waals surface area contributed by atoms with Crippen molar-refractivity contribution in [2.45, 2.75) is 12.1 Å². The third-order valence-corrected chi connectivity index (χ3v) is 5.38. The first kappa shape index (κ1) is 20.9. The van der Waals surface area contributed by atoms with Crippen LogP contribution in [0.25, 0.3) is 11.4 Å². The molecule has 0 atom stereocenters. The standard InChI is InChI=1S/C20H19ClN4O3S/c1-12(26)13-5-4-6-15(9-13)22-18(27)11-29-20-24-23-19(25(20)2)16-10-14(21)7-8-17(16)28-3/h4-10H,11H2,1-3H3,(H,22,27). The van der Waals surface area contributed by atoms with Gasteiger partial charge in [0, 0.05) is 23.3 Å². The molecule has 0 bridgehead atoms. The van der Waals surface area contributed by atoms with Crippen molar-refractivity contribution in [2.24, 2.45) is 7.05 Å². The minimum Gasteiger partial charge on any atom is -0.496 e. The Labute approximate surface area is 177 Å². The quantitative estimate of drug-likeness (QED) is 0.449. The Balaban J connectivity index is 1.69. The van der Waals surface area contributed by atoms with Crippen molar-refractivity contribution in [3.05, 3.63) is 53.1 Å². The van der Waals surface area contributed by atoms with E-state index in [4.69, 9.17) is 16.3 Å². The molecule has 0 aliphatic rings. The van der Waals surface area contributed by atoms with E-state index in [0.717, 1.165) is 0 Å². The van der Waals surface area contributed by atoms with Gasteiger partial charge in [0.05, 0.1) is 18.4 Å². The van der Waals surface area contributed by atoms with E-state index in [0.29, 0.717) is 38.6 Å². The number of hydrogen-bond donors (Lipinski definition) is 1. The summed E-state index contributed by atoms with van der Waals surface area (Å²) in [5.74, 6) is 1.09. The van der Waals surface area contributed by atoms with Crippen LogP contribution in [-0.4, -0.2) is 39.3 Å². The maximum atomic E-state index is 12.3. The molecule has 0 unspecified atom stereocenters. The van der Waals surface area contributed by atoms with Gasteiger partial charge in [-0.05, 0) is 37.3 Å². The Morgan fingerprint density at radius 2 is 2.00 bits per heavy atom. The molecule has 29 heavy (non-hydrogen) atoms. The second-order valence-electron chi connectivity index (χ2n) is 6.18. The number of carbonyl (C=O) groups excluding carboxylic acids is 2. The molecule has 150 valence electrons. The predicted molar refractivity (Wildman–Crippen MR) is 114 cm³/mol. The van der Waals surface area contributed by atoms with Gasteiger partial charge >= 0.3 is 0 Å². The number of rotatable bonds is 7. The van der Waals surface area contributed by atoms with Crippen molar-refractivity contribution in [3.63, 3.8) is 0 Å². The fraction of sp³-hybridized carbons (Fsp3) is 0.200. The lowest BCUT2D eigenvalue weighted by atomic mass is 10.1. The number of ether oxygens (including phenoxy) is 1. The lowest BCUT2D eigenvalue weighted by molar-refractivity contribution is -0.113. The molecule has 0 spiro atoms. The SMILES string of the molecule is COc1ccc(Cl)cc1-c1nnc(SCC(=O)Nc2cccc(C(C)=O)c2)n1C. The van der Waals surface area contributed by atoms with Gasteiger partial charge < -0.3 is 14.6 Å². The Bertz CT molecular complexity index is 1070. The van der Waals surface area contributed by atoms with Gasteiger partial charge in [0.15, 0.2) is 16.8 Å². The third-order valence-electron chi connectivity index (χ3n) is 4.12. The van der Waals surface area contributed by atoms with Gasteiger partial charge in [-0.25, -0.2) is 0 Å². The number of nitrogens with zero attached hydrogens (tertiary/aromatic N) is 3. The van der Waals surface area contributed by atoms with Crippen molar-refractivity contribution >= 4 is 40.7 Å². The minimum absolute atomic E-state index is 0.0569. The summed E-state index contributed by atoms with van der Waals surface area (Å²) in [5.41, 5.74) is 1.84. The van der Waals surface area contributed by atoms with E-state index in [1.807, 2.05) is 7.05 Å². The number of ketones is 1. The summed E-state index contributed by atoms with van der Waals surface area (Å²) >= 11 is 7.36. The summed E-state index contributed by atoms with van der Waals surface area (Å²) in [6.07, 6.45) is 0. The number of Topliss-reactive ketones (excluding diaryl/α,β-unsaturated/α-hetero) is 1. The number of aromatic nitrogens is 3. The topological polar surface area (TPSA) is 86.1 Å². The van der Waals surface area contributed by atoms with Gasteiger partial charge in [-0.3, -0.25) is 9.59 Å². The highest BCUT2D eigenvalue weighted by atomic mass is 35.5. The molecule has 1 N–H and O–H groups in total. The molecule has 3 rings (SSSR count). The Morgan fingerprint density at radius 3 is 2.72 bits per heavy atom. The molecule has 0 fully saturated rings. The zero-order valence-corrected chi connectivity index (χ0v) is 17.7. The van der Waals surface area contributed by atoms with Crippen molar-refractivity contribution in [2.75, 3.05) is 18.2 Å². The molecule has 0 saturated heterocycles. The normalized spacial score (nSPS) is 10.6. The molecule has 0 saturated carbocycles. The number of hydrogen-bond acceptors (Lipinski definition) is 6. The lowest BCUT2D eigenvalue weighted by Gasteiger charge is -2.09. The summed E-state index contributed by atoms with van der Waals surface area (Å²) in [6, 6.07) is 12.1.